The molecule has 0 radical (unpaired) electrons. The third-order valence-corrected chi connectivity index (χ3v) is 1.55. The lowest BCUT2D eigenvalue weighted by atomic mass is 10.0. The van der Waals surface area contributed by atoms with Crippen molar-refractivity contribution >= 4 is 0 Å². The van der Waals surface area contributed by atoms with Gasteiger partial charge in [-0.2, -0.15) is 9.65 Å². The first-order valence-electron chi connectivity index (χ1n) is 3.72. The summed E-state index contributed by atoms with van der Waals surface area (Å²) in [6, 6.07) is 5.16. The Labute approximate surface area is 70.7 Å². The minimum atomic E-state index is -0.488. The number of rotatable bonds is 2. The summed E-state index contributed by atoms with van der Waals surface area (Å²) < 4.78 is 12.5. The maximum atomic E-state index is 12.5. The van der Waals surface area contributed by atoms with E-state index in [1.807, 2.05) is 0 Å². The minimum absolute atomic E-state index is 0.0770. The maximum Gasteiger partial charge on any atom is 0.213 e. The van der Waals surface area contributed by atoms with E-state index in [4.69, 9.17) is 5.26 Å². The highest BCUT2D eigenvalue weighted by Crippen LogP contribution is 2.07. The van der Waals surface area contributed by atoms with E-state index in [1.54, 1.807) is 13.0 Å². The predicted molar refractivity (Wildman–Crippen MR) is 42.7 cm³/mol. The molecular formula is C9H9FN2. The first-order valence-corrected chi connectivity index (χ1v) is 3.72. The average Bonchev–Trinajstić information content (AvgIpc) is 2.04. The molecule has 2 nitrogen and oxygen atoms in total. The third kappa shape index (κ3) is 2.31. The summed E-state index contributed by atoms with van der Waals surface area (Å²) in [4.78, 5) is 3.42. The SMILES string of the molecule is CC(C#N)Cc1ccnc(F)c1. The molecule has 1 aromatic heterocycles. The van der Waals surface area contributed by atoms with Crippen LogP contribution in [0.5, 0.6) is 0 Å². The van der Waals surface area contributed by atoms with Crippen LogP contribution < -0.4 is 0 Å². The van der Waals surface area contributed by atoms with Crippen LogP contribution in [0, 0.1) is 23.2 Å². The molecule has 0 fully saturated rings. The van der Waals surface area contributed by atoms with Gasteiger partial charge < -0.3 is 0 Å². The molecule has 0 N–H and O–H groups in total. The molecule has 1 atom stereocenters. The second kappa shape index (κ2) is 3.82. The monoisotopic (exact) mass is 164 g/mol. The molecule has 0 saturated heterocycles. The molecule has 0 aliphatic rings. The van der Waals surface area contributed by atoms with Crippen LogP contribution in [0.15, 0.2) is 18.3 Å². The van der Waals surface area contributed by atoms with Gasteiger partial charge in [-0.15, -0.1) is 0 Å². The Balaban J connectivity index is 2.71. The van der Waals surface area contributed by atoms with E-state index in [2.05, 4.69) is 11.1 Å². The molecule has 1 rings (SSSR count). The van der Waals surface area contributed by atoms with Gasteiger partial charge in [0.15, 0.2) is 0 Å². The van der Waals surface area contributed by atoms with Crippen molar-refractivity contribution in [2.75, 3.05) is 0 Å². The zero-order valence-corrected chi connectivity index (χ0v) is 6.79. The third-order valence-electron chi connectivity index (χ3n) is 1.55. The fraction of sp³-hybridized carbons (Fsp3) is 0.333. The molecule has 12 heavy (non-hydrogen) atoms. The van der Waals surface area contributed by atoms with Crippen LogP contribution in [-0.2, 0) is 6.42 Å². The zero-order chi connectivity index (χ0) is 8.97. The van der Waals surface area contributed by atoms with Crippen LogP contribution in [0.25, 0.3) is 0 Å². The van der Waals surface area contributed by atoms with Crippen molar-refractivity contribution in [3.63, 3.8) is 0 Å². The van der Waals surface area contributed by atoms with Crippen LogP contribution in [0.1, 0.15) is 12.5 Å². The van der Waals surface area contributed by atoms with Gasteiger partial charge in [0.2, 0.25) is 5.95 Å². The Bertz CT molecular complexity index is 304. The fourth-order valence-corrected chi connectivity index (χ4v) is 0.969. The first kappa shape index (κ1) is 8.66. The van der Waals surface area contributed by atoms with Crippen LogP contribution in [0.3, 0.4) is 0 Å². The molecular weight excluding hydrogens is 155 g/mol. The predicted octanol–water partition coefficient (Wildman–Crippen LogP) is 1.92. The average molecular weight is 164 g/mol. The van der Waals surface area contributed by atoms with Gasteiger partial charge in [0.05, 0.1) is 6.07 Å². The molecule has 0 saturated carbocycles. The standard InChI is InChI=1S/C9H9FN2/c1-7(6-11)4-8-2-3-12-9(10)5-8/h2-3,5,7H,4H2,1H3. The minimum Gasteiger partial charge on any atom is -0.228 e. The molecule has 0 bridgehead atoms. The molecule has 0 aromatic carbocycles. The highest BCUT2D eigenvalue weighted by Gasteiger charge is 2.02. The van der Waals surface area contributed by atoms with E-state index in [-0.39, 0.29) is 5.92 Å². The van der Waals surface area contributed by atoms with Gasteiger partial charge in [0, 0.05) is 12.1 Å². The van der Waals surface area contributed by atoms with Gasteiger partial charge in [0.25, 0.3) is 0 Å². The highest BCUT2D eigenvalue weighted by molar-refractivity contribution is 5.12. The van der Waals surface area contributed by atoms with Crippen molar-refractivity contribution in [3.8, 4) is 6.07 Å². The fourth-order valence-electron chi connectivity index (χ4n) is 0.969. The number of hydrogen-bond acceptors (Lipinski definition) is 2. The normalized spacial score (nSPS) is 12.1. The summed E-state index contributed by atoms with van der Waals surface area (Å²) in [5.74, 6) is -0.565. The highest BCUT2D eigenvalue weighted by atomic mass is 19.1. The van der Waals surface area contributed by atoms with E-state index in [0.29, 0.717) is 6.42 Å². The van der Waals surface area contributed by atoms with Crippen molar-refractivity contribution < 1.29 is 4.39 Å². The Morgan fingerprint density at radius 2 is 2.50 bits per heavy atom. The lowest BCUT2D eigenvalue weighted by Gasteiger charge is -2.01. The lowest BCUT2D eigenvalue weighted by Crippen LogP contribution is -1.97. The zero-order valence-electron chi connectivity index (χ0n) is 6.79. The van der Waals surface area contributed by atoms with E-state index in [1.165, 1.54) is 12.3 Å². The van der Waals surface area contributed by atoms with E-state index < -0.39 is 5.95 Å². The lowest BCUT2D eigenvalue weighted by molar-refractivity contribution is 0.579. The van der Waals surface area contributed by atoms with Crippen molar-refractivity contribution in [2.24, 2.45) is 5.92 Å². The molecule has 62 valence electrons. The molecule has 0 aliphatic carbocycles. The van der Waals surface area contributed by atoms with Crippen LogP contribution >= 0.6 is 0 Å². The number of pyridine rings is 1. The van der Waals surface area contributed by atoms with Gasteiger partial charge in [-0.25, -0.2) is 4.98 Å². The number of halogens is 1. The molecule has 3 heteroatoms. The van der Waals surface area contributed by atoms with Crippen molar-refractivity contribution in [3.05, 3.63) is 29.8 Å². The molecule has 1 unspecified atom stereocenters. The van der Waals surface area contributed by atoms with Crippen LogP contribution in [0.2, 0.25) is 0 Å². The van der Waals surface area contributed by atoms with Crippen LogP contribution in [0.4, 0.5) is 4.39 Å². The Morgan fingerprint density at radius 1 is 1.75 bits per heavy atom. The summed E-state index contributed by atoms with van der Waals surface area (Å²) in [6.45, 7) is 1.80. The van der Waals surface area contributed by atoms with Crippen molar-refractivity contribution in [2.45, 2.75) is 13.3 Å². The molecule has 1 heterocycles. The summed E-state index contributed by atoms with van der Waals surface area (Å²) in [7, 11) is 0. The first-order chi connectivity index (χ1) is 5.72. The molecule has 1 aromatic rings. The summed E-state index contributed by atoms with van der Waals surface area (Å²) in [5.41, 5.74) is 0.816. The van der Waals surface area contributed by atoms with Gasteiger partial charge in [-0.3, -0.25) is 0 Å². The number of nitriles is 1. The van der Waals surface area contributed by atoms with Gasteiger partial charge in [0.1, 0.15) is 0 Å². The Hall–Kier alpha value is -1.43. The van der Waals surface area contributed by atoms with E-state index in [9.17, 15) is 4.39 Å². The van der Waals surface area contributed by atoms with Gasteiger partial charge in [-0.1, -0.05) is 0 Å². The van der Waals surface area contributed by atoms with Crippen LogP contribution in [-0.4, -0.2) is 4.98 Å². The topological polar surface area (TPSA) is 36.7 Å². The summed E-state index contributed by atoms with van der Waals surface area (Å²) >= 11 is 0. The Kier molecular flexibility index (Phi) is 2.76. The second-order valence-electron chi connectivity index (χ2n) is 2.72. The van der Waals surface area contributed by atoms with Crippen molar-refractivity contribution in [1.29, 1.82) is 5.26 Å². The quantitative estimate of drug-likeness (QED) is 0.626. The second-order valence-corrected chi connectivity index (χ2v) is 2.72. The summed E-state index contributed by atoms with van der Waals surface area (Å²) in [5, 5.41) is 8.51. The smallest absolute Gasteiger partial charge is 0.213 e. The number of nitrogens with zero attached hydrogens (tertiary/aromatic N) is 2. The molecule has 0 spiro atoms. The van der Waals surface area contributed by atoms with E-state index >= 15 is 0 Å². The van der Waals surface area contributed by atoms with Crippen molar-refractivity contribution in [1.82, 2.24) is 4.98 Å². The number of hydrogen-bond donors (Lipinski definition) is 0. The number of aromatic nitrogens is 1. The largest absolute Gasteiger partial charge is 0.228 e. The Morgan fingerprint density at radius 3 is 3.08 bits per heavy atom. The maximum absolute atomic E-state index is 12.5. The summed E-state index contributed by atoms with van der Waals surface area (Å²) in [6.07, 6.45) is 1.99. The van der Waals surface area contributed by atoms with E-state index in [0.717, 1.165) is 5.56 Å². The van der Waals surface area contributed by atoms with Gasteiger partial charge in [-0.05, 0) is 31.0 Å². The molecule has 0 amide bonds. The van der Waals surface area contributed by atoms with Gasteiger partial charge >= 0.3 is 0 Å². The molecule has 0 aliphatic heterocycles.